The number of piperazine rings is 1. The van der Waals surface area contributed by atoms with Crippen molar-refractivity contribution in [1.29, 1.82) is 0 Å². The van der Waals surface area contributed by atoms with Gasteiger partial charge in [-0.1, -0.05) is 20.3 Å². The van der Waals surface area contributed by atoms with Crippen molar-refractivity contribution in [3.05, 3.63) is 33.9 Å². The van der Waals surface area contributed by atoms with Gasteiger partial charge in [0.2, 0.25) is 0 Å². The van der Waals surface area contributed by atoms with Crippen molar-refractivity contribution in [3.63, 3.8) is 0 Å². The Morgan fingerprint density at radius 2 is 2.10 bits per heavy atom. The van der Waals surface area contributed by atoms with Gasteiger partial charge in [-0.15, -0.1) is 0 Å². The summed E-state index contributed by atoms with van der Waals surface area (Å²) in [7, 11) is 0. The largest absolute Gasteiger partial charge is 0.508 e. The number of benzene rings is 1. The fourth-order valence-electron chi connectivity index (χ4n) is 2.99. The fourth-order valence-corrected chi connectivity index (χ4v) is 2.99. The van der Waals surface area contributed by atoms with E-state index < -0.39 is 0 Å². The number of nitrogens with one attached hydrogen (secondary N) is 1. The molecule has 1 aromatic carbocycles. The molecular weight excluding hydrogens is 270 g/mol. The average Bonchev–Trinajstić information content (AvgIpc) is 2.48. The second-order valence-corrected chi connectivity index (χ2v) is 5.62. The number of nitro benzene ring substituents is 1. The lowest BCUT2D eigenvalue weighted by Crippen LogP contribution is -2.46. The molecule has 6 heteroatoms. The highest BCUT2D eigenvalue weighted by Crippen LogP contribution is 2.38. The van der Waals surface area contributed by atoms with Crippen molar-refractivity contribution < 1.29 is 10.0 Å². The smallest absolute Gasteiger partial charge is 0.274 e. The lowest BCUT2D eigenvalue weighted by Gasteiger charge is -2.38. The standard InChI is InChI=1S/C15H23N3O3/c1-3-11(2)15(17-8-6-16-7-9-17)13-10-12(19)4-5-14(13)18(20)21/h4-5,10-11,15-16,19H,3,6-9H2,1-2H3/t11?,15-/m1/s1. The van der Waals surface area contributed by atoms with Crippen molar-refractivity contribution >= 4 is 5.69 Å². The van der Waals surface area contributed by atoms with Crippen LogP contribution in [-0.2, 0) is 0 Å². The molecule has 116 valence electrons. The summed E-state index contributed by atoms with van der Waals surface area (Å²) in [6.07, 6.45) is 0.932. The van der Waals surface area contributed by atoms with Crippen LogP contribution in [0, 0.1) is 16.0 Å². The maximum Gasteiger partial charge on any atom is 0.274 e. The SMILES string of the molecule is CCC(C)[C@H](c1cc(O)ccc1[N+](=O)[O-])N1CCNCC1. The van der Waals surface area contributed by atoms with Crippen LogP contribution in [-0.4, -0.2) is 41.1 Å². The van der Waals surface area contributed by atoms with Gasteiger partial charge >= 0.3 is 0 Å². The number of rotatable bonds is 5. The van der Waals surface area contributed by atoms with E-state index in [2.05, 4.69) is 24.1 Å². The number of aromatic hydroxyl groups is 1. The normalized spacial score (nSPS) is 19.1. The van der Waals surface area contributed by atoms with Crippen molar-refractivity contribution in [2.75, 3.05) is 26.2 Å². The first-order valence-electron chi connectivity index (χ1n) is 7.46. The Kier molecular flexibility index (Phi) is 5.14. The van der Waals surface area contributed by atoms with E-state index in [1.54, 1.807) is 6.07 Å². The molecule has 0 amide bonds. The van der Waals surface area contributed by atoms with Gasteiger partial charge in [0.1, 0.15) is 5.75 Å². The van der Waals surface area contributed by atoms with E-state index in [0.29, 0.717) is 5.56 Å². The summed E-state index contributed by atoms with van der Waals surface area (Å²) in [5, 5.41) is 24.4. The molecule has 2 rings (SSSR count). The maximum atomic E-state index is 11.3. The van der Waals surface area contributed by atoms with Gasteiger partial charge in [-0.3, -0.25) is 15.0 Å². The van der Waals surface area contributed by atoms with Gasteiger partial charge in [0.15, 0.2) is 0 Å². The molecule has 1 saturated heterocycles. The zero-order valence-corrected chi connectivity index (χ0v) is 12.6. The molecular formula is C15H23N3O3. The van der Waals surface area contributed by atoms with E-state index >= 15 is 0 Å². The minimum atomic E-state index is -0.355. The highest BCUT2D eigenvalue weighted by atomic mass is 16.6. The number of phenols is 1. The molecule has 0 bridgehead atoms. The van der Waals surface area contributed by atoms with Crippen molar-refractivity contribution in [2.45, 2.75) is 26.3 Å². The number of nitrogens with zero attached hydrogens (tertiary/aromatic N) is 2. The molecule has 2 N–H and O–H groups in total. The van der Waals surface area contributed by atoms with Crippen molar-refractivity contribution in [2.24, 2.45) is 5.92 Å². The summed E-state index contributed by atoms with van der Waals surface area (Å²) in [4.78, 5) is 13.3. The van der Waals surface area contributed by atoms with Crippen LogP contribution in [0.25, 0.3) is 0 Å². The topological polar surface area (TPSA) is 78.6 Å². The highest BCUT2D eigenvalue weighted by molar-refractivity contribution is 5.47. The molecule has 21 heavy (non-hydrogen) atoms. The number of hydrogen-bond acceptors (Lipinski definition) is 5. The molecule has 1 aromatic rings. The minimum absolute atomic E-state index is 0.0374. The molecule has 1 aliphatic heterocycles. The third-order valence-corrected chi connectivity index (χ3v) is 4.25. The van der Waals surface area contributed by atoms with Gasteiger partial charge < -0.3 is 10.4 Å². The zero-order chi connectivity index (χ0) is 15.4. The van der Waals surface area contributed by atoms with Crippen molar-refractivity contribution in [3.8, 4) is 5.75 Å². The van der Waals surface area contributed by atoms with Crippen LogP contribution in [0.5, 0.6) is 5.75 Å². The maximum absolute atomic E-state index is 11.3. The second kappa shape index (κ2) is 6.87. The second-order valence-electron chi connectivity index (χ2n) is 5.62. The predicted molar refractivity (Wildman–Crippen MR) is 81.4 cm³/mol. The molecule has 1 heterocycles. The Morgan fingerprint density at radius 1 is 1.43 bits per heavy atom. The van der Waals surface area contributed by atoms with Crippen LogP contribution in [0.4, 0.5) is 5.69 Å². The van der Waals surface area contributed by atoms with Gasteiger partial charge in [-0.2, -0.15) is 0 Å². The summed E-state index contributed by atoms with van der Waals surface area (Å²) in [5.41, 5.74) is 0.716. The lowest BCUT2D eigenvalue weighted by molar-refractivity contribution is -0.386. The van der Waals surface area contributed by atoms with Gasteiger partial charge in [0.25, 0.3) is 5.69 Å². The molecule has 1 aliphatic rings. The van der Waals surface area contributed by atoms with E-state index in [9.17, 15) is 15.2 Å². The van der Waals surface area contributed by atoms with E-state index in [4.69, 9.17) is 0 Å². The molecule has 0 radical (unpaired) electrons. The highest BCUT2D eigenvalue weighted by Gasteiger charge is 2.31. The summed E-state index contributed by atoms with van der Waals surface area (Å²) >= 11 is 0. The summed E-state index contributed by atoms with van der Waals surface area (Å²) in [6.45, 7) is 7.71. The Hall–Kier alpha value is -1.66. The monoisotopic (exact) mass is 293 g/mol. The number of nitro groups is 1. The third-order valence-electron chi connectivity index (χ3n) is 4.25. The lowest BCUT2D eigenvalue weighted by atomic mass is 9.89. The first kappa shape index (κ1) is 15.7. The zero-order valence-electron chi connectivity index (χ0n) is 12.6. The van der Waals surface area contributed by atoms with Gasteiger partial charge in [0, 0.05) is 38.3 Å². The summed E-state index contributed by atoms with van der Waals surface area (Å²) < 4.78 is 0. The Labute approximate surface area is 124 Å². The predicted octanol–water partition coefficient (Wildman–Crippen LogP) is 2.29. The molecule has 1 fully saturated rings. The molecule has 0 saturated carbocycles. The van der Waals surface area contributed by atoms with E-state index in [-0.39, 0.29) is 28.3 Å². The first-order chi connectivity index (χ1) is 10.0. The van der Waals surface area contributed by atoms with Gasteiger partial charge in [0.05, 0.1) is 10.5 Å². The van der Waals surface area contributed by atoms with Crippen LogP contribution in [0.1, 0.15) is 31.9 Å². The van der Waals surface area contributed by atoms with E-state index in [1.165, 1.54) is 12.1 Å². The van der Waals surface area contributed by atoms with E-state index in [0.717, 1.165) is 32.6 Å². The Balaban J connectivity index is 2.44. The molecule has 0 spiro atoms. The van der Waals surface area contributed by atoms with Gasteiger partial charge in [-0.25, -0.2) is 0 Å². The fraction of sp³-hybridized carbons (Fsp3) is 0.600. The number of phenolic OH excluding ortho intramolecular Hbond substituents is 1. The molecule has 1 unspecified atom stereocenters. The van der Waals surface area contributed by atoms with Crippen LogP contribution in [0.3, 0.4) is 0 Å². The molecule has 6 nitrogen and oxygen atoms in total. The molecule has 0 aromatic heterocycles. The van der Waals surface area contributed by atoms with E-state index in [1.807, 2.05) is 0 Å². The minimum Gasteiger partial charge on any atom is -0.508 e. The first-order valence-corrected chi connectivity index (χ1v) is 7.46. The van der Waals surface area contributed by atoms with Crippen LogP contribution >= 0.6 is 0 Å². The van der Waals surface area contributed by atoms with Crippen LogP contribution in [0.2, 0.25) is 0 Å². The van der Waals surface area contributed by atoms with Crippen LogP contribution in [0.15, 0.2) is 18.2 Å². The quantitative estimate of drug-likeness (QED) is 0.643. The van der Waals surface area contributed by atoms with Crippen LogP contribution < -0.4 is 5.32 Å². The molecule has 2 atom stereocenters. The molecule has 0 aliphatic carbocycles. The Bertz CT molecular complexity index is 501. The Morgan fingerprint density at radius 3 is 2.67 bits per heavy atom. The van der Waals surface area contributed by atoms with Crippen molar-refractivity contribution in [1.82, 2.24) is 10.2 Å². The third kappa shape index (κ3) is 3.51. The van der Waals surface area contributed by atoms with Gasteiger partial charge in [-0.05, 0) is 18.1 Å². The summed E-state index contributed by atoms with van der Waals surface area (Å²) in [5.74, 6) is 0.364. The average molecular weight is 293 g/mol. The number of hydrogen-bond donors (Lipinski definition) is 2. The summed E-state index contributed by atoms with van der Waals surface area (Å²) in [6, 6.07) is 4.30.